The number of amides is 4. The zero-order chi connectivity index (χ0) is 19.3. The van der Waals surface area contributed by atoms with Crippen LogP contribution in [-0.4, -0.2) is 58.3 Å². The molecule has 2 aromatic rings. The Hall–Kier alpha value is -2.74. The minimum Gasteiger partial charge on any atom is -0.334 e. The molecule has 1 aromatic heterocycles. The first-order chi connectivity index (χ1) is 12.8. The zero-order valence-electron chi connectivity index (χ0n) is 15.4. The Morgan fingerprint density at radius 3 is 2.74 bits per heavy atom. The van der Waals surface area contributed by atoms with Crippen molar-refractivity contribution in [2.24, 2.45) is 0 Å². The Labute approximate surface area is 161 Å². The number of hydrogen-bond donors (Lipinski definition) is 1. The van der Waals surface area contributed by atoms with Crippen molar-refractivity contribution in [3.8, 4) is 10.6 Å². The molecular formula is C19H20N4O3S. The van der Waals surface area contributed by atoms with E-state index < -0.39 is 6.04 Å². The summed E-state index contributed by atoms with van der Waals surface area (Å²) in [6.45, 7) is 6.89. The third-order valence-electron chi connectivity index (χ3n) is 5.06. The molecule has 1 unspecified atom stereocenters. The van der Waals surface area contributed by atoms with E-state index in [1.807, 2.05) is 32.9 Å². The lowest BCUT2D eigenvalue weighted by atomic mass is 10.1. The van der Waals surface area contributed by atoms with E-state index in [0.29, 0.717) is 23.7 Å². The van der Waals surface area contributed by atoms with Gasteiger partial charge >= 0.3 is 6.03 Å². The number of fused-ring (bicyclic) bond motifs is 1. The van der Waals surface area contributed by atoms with Crippen molar-refractivity contribution in [1.82, 2.24) is 20.1 Å². The lowest BCUT2D eigenvalue weighted by Crippen LogP contribution is -2.54. The molecule has 7 nitrogen and oxygen atoms in total. The number of aryl methyl sites for hydroxylation is 3. The smallest absolute Gasteiger partial charge is 0.324 e. The van der Waals surface area contributed by atoms with E-state index in [1.165, 1.54) is 21.8 Å². The Kier molecular flexibility index (Phi) is 4.22. The van der Waals surface area contributed by atoms with Gasteiger partial charge in [-0.1, -0.05) is 23.8 Å². The molecule has 4 rings (SSSR count). The highest BCUT2D eigenvalue weighted by atomic mass is 32.1. The highest BCUT2D eigenvalue weighted by Crippen LogP contribution is 2.32. The highest BCUT2D eigenvalue weighted by Gasteiger charge is 2.43. The standard InChI is InChI=1S/C19H20N4O3S/c1-10-4-5-13(11(2)8-10)17-20-12(3)15(27-17)18(25)22-6-7-23-14(9-22)16(24)21-19(23)26/h4-5,8,14H,6-7,9H2,1-3H3,(H,21,24,26). The van der Waals surface area contributed by atoms with Gasteiger partial charge in [-0.15, -0.1) is 11.3 Å². The fourth-order valence-corrected chi connectivity index (χ4v) is 4.73. The van der Waals surface area contributed by atoms with Gasteiger partial charge in [-0.05, 0) is 26.3 Å². The monoisotopic (exact) mass is 384 g/mol. The SMILES string of the molecule is Cc1ccc(-c2nc(C)c(C(=O)N3CCN4C(=O)NC(=O)C4C3)s2)c(C)c1. The zero-order valence-corrected chi connectivity index (χ0v) is 16.2. The Morgan fingerprint density at radius 1 is 1.22 bits per heavy atom. The van der Waals surface area contributed by atoms with E-state index in [-0.39, 0.29) is 24.4 Å². The van der Waals surface area contributed by atoms with Gasteiger partial charge in [0.25, 0.3) is 11.8 Å². The molecule has 27 heavy (non-hydrogen) atoms. The molecule has 2 aliphatic heterocycles. The molecule has 2 saturated heterocycles. The molecular weight excluding hydrogens is 364 g/mol. The Morgan fingerprint density at radius 2 is 2.00 bits per heavy atom. The molecule has 140 valence electrons. The normalized spacial score (nSPS) is 19.3. The van der Waals surface area contributed by atoms with Crippen LogP contribution in [0.15, 0.2) is 18.2 Å². The molecule has 1 aromatic carbocycles. The summed E-state index contributed by atoms with van der Waals surface area (Å²) in [5.74, 6) is -0.470. The van der Waals surface area contributed by atoms with Gasteiger partial charge in [0.05, 0.1) is 12.2 Å². The van der Waals surface area contributed by atoms with Crippen molar-refractivity contribution in [1.29, 1.82) is 0 Å². The van der Waals surface area contributed by atoms with Crippen molar-refractivity contribution in [3.63, 3.8) is 0 Å². The number of carbonyl (C=O) groups excluding carboxylic acids is 3. The first-order valence-corrected chi connectivity index (χ1v) is 9.62. The summed E-state index contributed by atoms with van der Waals surface area (Å²) < 4.78 is 0. The summed E-state index contributed by atoms with van der Waals surface area (Å²) >= 11 is 1.38. The van der Waals surface area contributed by atoms with Crippen LogP contribution in [0.4, 0.5) is 4.79 Å². The quantitative estimate of drug-likeness (QED) is 0.804. The van der Waals surface area contributed by atoms with E-state index in [9.17, 15) is 14.4 Å². The van der Waals surface area contributed by atoms with Crippen LogP contribution in [0.5, 0.6) is 0 Å². The van der Waals surface area contributed by atoms with Crippen molar-refractivity contribution in [3.05, 3.63) is 39.9 Å². The number of urea groups is 1. The van der Waals surface area contributed by atoms with E-state index >= 15 is 0 Å². The molecule has 0 bridgehead atoms. The summed E-state index contributed by atoms with van der Waals surface area (Å²) in [5, 5.41) is 3.13. The summed E-state index contributed by atoms with van der Waals surface area (Å²) in [6.07, 6.45) is 0. The van der Waals surface area contributed by atoms with Gasteiger partial charge in [0.15, 0.2) is 0 Å². The first kappa shape index (κ1) is 17.7. The van der Waals surface area contributed by atoms with Gasteiger partial charge in [0.2, 0.25) is 0 Å². The molecule has 1 atom stereocenters. The molecule has 3 heterocycles. The Bertz CT molecular complexity index is 968. The lowest BCUT2D eigenvalue weighted by Gasteiger charge is -2.35. The topological polar surface area (TPSA) is 82.6 Å². The predicted octanol–water partition coefficient (Wildman–Crippen LogP) is 2.11. The summed E-state index contributed by atoms with van der Waals surface area (Å²) in [4.78, 5) is 45.0. The number of aromatic nitrogens is 1. The molecule has 0 aliphatic carbocycles. The number of nitrogens with one attached hydrogen (secondary N) is 1. The van der Waals surface area contributed by atoms with E-state index in [1.54, 1.807) is 4.90 Å². The number of nitrogens with zero attached hydrogens (tertiary/aromatic N) is 3. The van der Waals surface area contributed by atoms with Gasteiger partial charge in [-0.3, -0.25) is 14.9 Å². The minimum atomic E-state index is -0.595. The number of rotatable bonds is 2. The second kappa shape index (κ2) is 6.45. The second-order valence-corrected chi connectivity index (χ2v) is 8.01. The van der Waals surface area contributed by atoms with Crippen molar-refractivity contribution in [2.45, 2.75) is 26.8 Å². The number of hydrogen-bond acceptors (Lipinski definition) is 5. The van der Waals surface area contributed by atoms with Crippen LogP contribution in [-0.2, 0) is 4.79 Å². The van der Waals surface area contributed by atoms with Crippen LogP contribution >= 0.6 is 11.3 Å². The lowest BCUT2D eigenvalue weighted by molar-refractivity contribution is -0.122. The molecule has 2 aliphatic rings. The number of benzene rings is 1. The summed E-state index contributed by atoms with van der Waals surface area (Å²) in [7, 11) is 0. The second-order valence-electron chi connectivity index (χ2n) is 7.01. The third kappa shape index (κ3) is 2.99. The number of imide groups is 1. The molecule has 0 saturated carbocycles. The highest BCUT2D eigenvalue weighted by molar-refractivity contribution is 7.17. The molecule has 0 spiro atoms. The van der Waals surface area contributed by atoms with Crippen molar-refractivity contribution in [2.75, 3.05) is 19.6 Å². The van der Waals surface area contributed by atoms with Gasteiger partial charge < -0.3 is 9.80 Å². The average Bonchev–Trinajstić information content (AvgIpc) is 3.14. The molecule has 1 N–H and O–H groups in total. The maximum atomic E-state index is 13.0. The van der Waals surface area contributed by atoms with Crippen molar-refractivity contribution >= 4 is 29.2 Å². The van der Waals surface area contributed by atoms with Crippen LogP contribution < -0.4 is 5.32 Å². The number of thiazole rings is 1. The molecule has 0 radical (unpaired) electrons. The van der Waals surface area contributed by atoms with Crippen molar-refractivity contribution < 1.29 is 14.4 Å². The van der Waals surface area contributed by atoms with Crippen LogP contribution in [0.25, 0.3) is 10.6 Å². The Balaban J connectivity index is 1.59. The van der Waals surface area contributed by atoms with Gasteiger partial charge in [0.1, 0.15) is 15.9 Å². The van der Waals surface area contributed by atoms with Gasteiger partial charge in [-0.25, -0.2) is 9.78 Å². The summed E-state index contributed by atoms with van der Waals surface area (Å²) in [6, 6.07) is 5.20. The van der Waals surface area contributed by atoms with Crippen LogP contribution in [0.3, 0.4) is 0 Å². The third-order valence-corrected chi connectivity index (χ3v) is 6.24. The van der Waals surface area contributed by atoms with Crippen LogP contribution in [0, 0.1) is 20.8 Å². The molecule has 2 fully saturated rings. The van der Waals surface area contributed by atoms with E-state index in [2.05, 4.69) is 16.4 Å². The van der Waals surface area contributed by atoms with Gasteiger partial charge in [0, 0.05) is 18.7 Å². The first-order valence-electron chi connectivity index (χ1n) is 8.81. The average molecular weight is 384 g/mol. The van der Waals surface area contributed by atoms with Crippen LogP contribution in [0.1, 0.15) is 26.5 Å². The van der Waals surface area contributed by atoms with Gasteiger partial charge in [-0.2, -0.15) is 0 Å². The minimum absolute atomic E-state index is 0.132. The summed E-state index contributed by atoms with van der Waals surface area (Å²) in [5.41, 5.74) is 4.02. The fraction of sp³-hybridized carbons (Fsp3) is 0.368. The predicted molar refractivity (Wildman–Crippen MR) is 102 cm³/mol. The number of piperazine rings is 1. The van der Waals surface area contributed by atoms with Crippen LogP contribution in [0.2, 0.25) is 0 Å². The maximum Gasteiger partial charge on any atom is 0.324 e. The molecule has 8 heteroatoms. The molecule has 4 amide bonds. The number of carbonyl (C=O) groups is 3. The maximum absolute atomic E-state index is 13.0. The largest absolute Gasteiger partial charge is 0.334 e. The van der Waals surface area contributed by atoms with E-state index in [4.69, 9.17) is 0 Å². The fourth-order valence-electron chi connectivity index (χ4n) is 3.60. The van der Waals surface area contributed by atoms with E-state index in [0.717, 1.165) is 16.1 Å².